The van der Waals surface area contributed by atoms with Crippen LogP contribution in [0.1, 0.15) is 32.7 Å². The predicted molar refractivity (Wildman–Crippen MR) is 68.3 cm³/mol. The number of aromatic hydroxyl groups is 3. The van der Waals surface area contributed by atoms with Gasteiger partial charge in [0.15, 0.2) is 11.5 Å². The van der Waals surface area contributed by atoms with Crippen molar-refractivity contribution in [2.24, 2.45) is 0 Å². The van der Waals surface area contributed by atoms with E-state index in [4.69, 9.17) is 5.11 Å². The number of allylic oxidation sites excluding steroid dienone is 2. The molecule has 0 radical (unpaired) electrons. The number of carboxylic acids is 1. The van der Waals surface area contributed by atoms with Gasteiger partial charge in [-0.1, -0.05) is 0 Å². The third-order valence-corrected chi connectivity index (χ3v) is 3.22. The van der Waals surface area contributed by atoms with E-state index in [0.717, 1.165) is 0 Å². The van der Waals surface area contributed by atoms with E-state index in [-0.39, 0.29) is 0 Å². The predicted octanol–water partition coefficient (Wildman–Crippen LogP) is 0.527. The Hall–Kier alpha value is -3.23. The number of carbonyl (C=O) groups excluding carboxylic acids is 2. The standard InChI is InChI=1S/C13H10O9/c14-4(15)2-1-3-7(16)5-6(9(18)8(3)17)11(20)13(22)12(21)10(5)19/h16-18,21-22H,1-2H2,(H,14,15). The van der Waals surface area contributed by atoms with E-state index in [0.29, 0.717) is 0 Å². The first-order chi connectivity index (χ1) is 10.2. The fraction of sp³-hybridized carbons (Fsp3) is 0.154. The number of benzene rings is 1. The van der Waals surface area contributed by atoms with Gasteiger partial charge in [-0.05, 0) is 6.42 Å². The molecule has 116 valence electrons. The molecule has 0 spiro atoms. The number of ketones is 2. The van der Waals surface area contributed by atoms with Gasteiger partial charge in [0.05, 0.1) is 11.1 Å². The lowest BCUT2D eigenvalue weighted by atomic mass is 9.87. The fourth-order valence-electron chi connectivity index (χ4n) is 2.12. The SMILES string of the molecule is O=C(O)CCc1c(O)c(O)c2c(c1O)C(=O)C(O)=C(O)C2=O. The number of hydrogen-bond donors (Lipinski definition) is 6. The van der Waals surface area contributed by atoms with E-state index in [2.05, 4.69) is 0 Å². The van der Waals surface area contributed by atoms with Crippen molar-refractivity contribution in [3.8, 4) is 17.2 Å². The molecule has 0 heterocycles. The first-order valence-corrected chi connectivity index (χ1v) is 5.91. The van der Waals surface area contributed by atoms with Crippen LogP contribution < -0.4 is 0 Å². The van der Waals surface area contributed by atoms with Gasteiger partial charge in [0.1, 0.15) is 5.75 Å². The van der Waals surface area contributed by atoms with Gasteiger partial charge in [-0.15, -0.1) is 0 Å². The number of carbonyl (C=O) groups is 3. The quantitative estimate of drug-likeness (QED) is 0.343. The number of fused-ring (bicyclic) bond motifs is 1. The molecule has 0 saturated carbocycles. The molecular weight excluding hydrogens is 300 g/mol. The molecule has 6 N–H and O–H groups in total. The molecule has 0 fully saturated rings. The zero-order valence-electron chi connectivity index (χ0n) is 10.8. The Kier molecular flexibility index (Phi) is 3.41. The minimum atomic E-state index is -1.36. The monoisotopic (exact) mass is 310 g/mol. The second-order valence-electron chi connectivity index (χ2n) is 4.52. The molecule has 0 aliphatic heterocycles. The highest BCUT2D eigenvalue weighted by Crippen LogP contribution is 2.46. The van der Waals surface area contributed by atoms with Crippen molar-refractivity contribution in [1.82, 2.24) is 0 Å². The number of phenols is 3. The van der Waals surface area contributed by atoms with E-state index in [9.17, 15) is 39.9 Å². The molecule has 1 aromatic rings. The van der Waals surface area contributed by atoms with Crippen LogP contribution in [0.5, 0.6) is 17.2 Å². The van der Waals surface area contributed by atoms with Crippen LogP contribution in [0.25, 0.3) is 0 Å². The Bertz CT molecular complexity index is 758. The van der Waals surface area contributed by atoms with Gasteiger partial charge in [0.2, 0.25) is 23.1 Å². The van der Waals surface area contributed by atoms with Crippen molar-refractivity contribution in [2.75, 3.05) is 0 Å². The van der Waals surface area contributed by atoms with Gasteiger partial charge >= 0.3 is 5.97 Å². The molecule has 22 heavy (non-hydrogen) atoms. The summed E-state index contributed by atoms with van der Waals surface area (Å²) in [5.74, 6) is -9.62. The molecule has 9 nitrogen and oxygen atoms in total. The Morgan fingerprint density at radius 3 is 1.68 bits per heavy atom. The number of Topliss-reactive ketones (excluding diaryl/α,β-unsaturated/α-hetero) is 2. The van der Waals surface area contributed by atoms with Crippen molar-refractivity contribution >= 4 is 17.5 Å². The number of phenolic OH excluding ortho intramolecular Hbond substituents is 3. The highest BCUT2D eigenvalue weighted by Gasteiger charge is 2.39. The average Bonchev–Trinajstić information content (AvgIpc) is 2.46. The number of rotatable bonds is 3. The summed E-state index contributed by atoms with van der Waals surface area (Å²) in [5.41, 5.74) is -2.14. The Balaban J connectivity index is 2.74. The van der Waals surface area contributed by atoms with Crippen LogP contribution in [-0.4, -0.2) is 48.2 Å². The van der Waals surface area contributed by atoms with E-state index in [1.165, 1.54) is 0 Å². The number of aliphatic hydroxyl groups excluding tert-OH is 2. The highest BCUT2D eigenvalue weighted by molar-refractivity contribution is 6.27. The summed E-state index contributed by atoms with van der Waals surface area (Å²) in [6.45, 7) is 0. The summed E-state index contributed by atoms with van der Waals surface area (Å²) in [7, 11) is 0. The molecular formula is C13H10O9. The van der Waals surface area contributed by atoms with Crippen LogP contribution in [-0.2, 0) is 11.2 Å². The summed E-state index contributed by atoms with van der Waals surface area (Å²) in [5, 5.41) is 56.9. The first-order valence-electron chi connectivity index (χ1n) is 5.91. The minimum absolute atomic E-state index is 0.439. The van der Waals surface area contributed by atoms with Crippen LogP contribution >= 0.6 is 0 Å². The van der Waals surface area contributed by atoms with E-state index in [1.807, 2.05) is 0 Å². The van der Waals surface area contributed by atoms with E-state index < -0.39 is 75.8 Å². The summed E-state index contributed by atoms with van der Waals surface area (Å²) in [6, 6.07) is 0. The summed E-state index contributed by atoms with van der Waals surface area (Å²) in [6.07, 6.45) is -0.972. The Labute approximate surface area is 122 Å². The number of carboxylic acid groups (broad SMARTS) is 1. The molecule has 0 atom stereocenters. The molecule has 1 aromatic carbocycles. The first kappa shape index (κ1) is 15.2. The second kappa shape index (κ2) is 4.95. The van der Waals surface area contributed by atoms with Crippen LogP contribution in [0, 0.1) is 0 Å². The largest absolute Gasteiger partial charge is 0.507 e. The van der Waals surface area contributed by atoms with E-state index >= 15 is 0 Å². The van der Waals surface area contributed by atoms with Gasteiger partial charge in [-0.2, -0.15) is 0 Å². The highest BCUT2D eigenvalue weighted by atomic mass is 16.4. The maximum atomic E-state index is 11.9. The maximum Gasteiger partial charge on any atom is 0.303 e. The smallest absolute Gasteiger partial charge is 0.303 e. The number of hydrogen-bond acceptors (Lipinski definition) is 8. The lowest BCUT2D eigenvalue weighted by Gasteiger charge is -2.19. The second-order valence-corrected chi connectivity index (χ2v) is 4.52. The third kappa shape index (κ3) is 1.99. The fourth-order valence-corrected chi connectivity index (χ4v) is 2.12. The Morgan fingerprint density at radius 2 is 1.23 bits per heavy atom. The topological polar surface area (TPSA) is 173 Å². The molecule has 9 heteroatoms. The van der Waals surface area contributed by atoms with Crippen LogP contribution in [0.2, 0.25) is 0 Å². The van der Waals surface area contributed by atoms with Gasteiger partial charge in [0, 0.05) is 12.0 Å². The Morgan fingerprint density at radius 1 is 0.773 bits per heavy atom. The molecule has 0 aromatic heterocycles. The molecule has 1 aliphatic rings. The summed E-state index contributed by atoms with van der Waals surface area (Å²) in [4.78, 5) is 34.2. The molecule has 2 rings (SSSR count). The van der Waals surface area contributed by atoms with Crippen molar-refractivity contribution in [3.63, 3.8) is 0 Å². The molecule has 0 bridgehead atoms. The molecule has 0 amide bonds. The van der Waals surface area contributed by atoms with Gasteiger partial charge in [0.25, 0.3) is 0 Å². The summed E-state index contributed by atoms with van der Waals surface area (Å²) < 4.78 is 0. The normalized spacial score (nSPS) is 14.2. The average molecular weight is 310 g/mol. The summed E-state index contributed by atoms with van der Waals surface area (Å²) >= 11 is 0. The lowest BCUT2D eigenvalue weighted by Crippen LogP contribution is -2.23. The number of aliphatic carboxylic acids is 1. The third-order valence-electron chi connectivity index (χ3n) is 3.22. The zero-order chi connectivity index (χ0) is 16.8. The lowest BCUT2D eigenvalue weighted by molar-refractivity contribution is -0.136. The van der Waals surface area contributed by atoms with Gasteiger partial charge < -0.3 is 30.6 Å². The van der Waals surface area contributed by atoms with Crippen LogP contribution in [0.15, 0.2) is 11.5 Å². The molecule has 1 aliphatic carbocycles. The van der Waals surface area contributed by atoms with Gasteiger partial charge in [-0.3, -0.25) is 14.4 Å². The van der Waals surface area contributed by atoms with Crippen LogP contribution in [0.3, 0.4) is 0 Å². The van der Waals surface area contributed by atoms with Crippen LogP contribution in [0.4, 0.5) is 0 Å². The minimum Gasteiger partial charge on any atom is -0.507 e. The zero-order valence-corrected chi connectivity index (χ0v) is 10.8. The maximum absolute atomic E-state index is 11.9. The van der Waals surface area contributed by atoms with E-state index in [1.54, 1.807) is 0 Å². The van der Waals surface area contributed by atoms with Gasteiger partial charge in [-0.25, -0.2) is 0 Å². The van der Waals surface area contributed by atoms with Crippen molar-refractivity contribution in [3.05, 3.63) is 28.2 Å². The molecule has 0 unspecified atom stereocenters. The molecule has 0 saturated heterocycles. The number of aliphatic hydroxyl groups is 2. The van der Waals surface area contributed by atoms with Crippen molar-refractivity contribution in [1.29, 1.82) is 0 Å². The van der Waals surface area contributed by atoms with Crippen molar-refractivity contribution in [2.45, 2.75) is 12.8 Å². The van der Waals surface area contributed by atoms with Crippen molar-refractivity contribution < 1.29 is 45.0 Å².